The second-order valence-electron chi connectivity index (χ2n) is 4.64. The highest BCUT2D eigenvalue weighted by atomic mass is 32.1. The minimum absolute atomic E-state index is 0.322. The van der Waals surface area contributed by atoms with Crippen LogP contribution in [0.2, 0.25) is 0 Å². The smallest absolute Gasteiger partial charge is 0.167 e. The third-order valence-corrected chi connectivity index (χ3v) is 3.43. The Morgan fingerprint density at radius 3 is 2.88 bits per heavy atom. The molecule has 0 aromatic rings. The first-order chi connectivity index (χ1) is 7.52. The van der Waals surface area contributed by atoms with Crippen molar-refractivity contribution in [1.29, 1.82) is 0 Å². The maximum absolute atomic E-state index is 5.42. The van der Waals surface area contributed by atoms with Crippen molar-refractivity contribution in [3.05, 3.63) is 23.4 Å². The van der Waals surface area contributed by atoms with E-state index < -0.39 is 0 Å². The third-order valence-electron chi connectivity index (χ3n) is 3.33. The molecule has 0 fully saturated rings. The molecule has 0 radical (unpaired) electrons. The molecule has 1 aliphatic carbocycles. The van der Waals surface area contributed by atoms with Gasteiger partial charge in [-0.1, -0.05) is 24.6 Å². The van der Waals surface area contributed by atoms with Crippen LogP contribution in [0.3, 0.4) is 0 Å². The highest BCUT2D eigenvalue weighted by Crippen LogP contribution is 2.33. The number of thiocarbonyl (C=S) groups is 1. The van der Waals surface area contributed by atoms with Crippen LogP contribution in [0.15, 0.2) is 23.4 Å². The predicted octanol–water partition coefficient (Wildman–Crippen LogP) is 3.25. The van der Waals surface area contributed by atoms with E-state index >= 15 is 0 Å². The van der Waals surface area contributed by atoms with Gasteiger partial charge in [0.25, 0.3) is 0 Å². The summed E-state index contributed by atoms with van der Waals surface area (Å²) in [6, 6.07) is 0. The molecular weight excluding hydrogens is 216 g/mol. The van der Waals surface area contributed by atoms with Gasteiger partial charge in [-0.15, -0.1) is 0 Å². The molecule has 0 amide bonds. The van der Waals surface area contributed by atoms with E-state index in [4.69, 9.17) is 18.0 Å². The summed E-state index contributed by atoms with van der Waals surface area (Å²) in [6.45, 7) is 8.46. The van der Waals surface area contributed by atoms with Crippen molar-refractivity contribution >= 4 is 17.3 Å². The zero-order chi connectivity index (χ0) is 12.1. The van der Waals surface area contributed by atoms with Crippen LogP contribution in [-0.2, 0) is 0 Å². The summed E-state index contributed by atoms with van der Waals surface area (Å²) in [7, 11) is 0. The van der Waals surface area contributed by atoms with Crippen molar-refractivity contribution in [2.75, 3.05) is 0 Å². The second-order valence-corrected chi connectivity index (χ2v) is 5.08. The molecule has 1 rings (SSSR count). The van der Waals surface area contributed by atoms with Gasteiger partial charge in [0.05, 0.1) is 0 Å². The number of hydrogen-bond donors (Lipinski definition) is 2. The summed E-state index contributed by atoms with van der Waals surface area (Å²) in [4.78, 5) is 0. The van der Waals surface area contributed by atoms with Gasteiger partial charge in [0.1, 0.15) is 0 Å². The van der Waals surface area contributed by atoms with Crippen LogP contribution in [0.4, 0.5) is 0 Å². The minimum atomic E-state index is 0.322. The molecule has 0 bridgehead atoms. The van der Waals surface area contributed by atoms with E-state index in [1.165, 1.54) is 25.7 Å². The van der Waals surface area contributed by atoms with Gasteiger partial charge in [0, 0.05) is 5.70 Å². The Labute approximate surface area is 104 Å². The van der Waals surface area contributed by atoms with Gasteiger partial charge < -0.3 is 11.1 Å². The van der Waals surface area contributed by atoms with Crippen molar-refractivity contribution in [3.63, 3.8) is 0 Å². The predicted molar refractivity (Wildman–Crippen MR) is 74.0 cm³/mol. The Hall–Kier alpha value is -0.830. The maximum Gasteiger partial charge on any atom is 0.167 e. The first kappa shape index (κ1) is 13.2. The van der Waals surface area contributed by atoms with Gasteiger partial charge in [-0.2, -0.15) is 0 Å². The van der Waals surface area contributed by atoms with E-state index in [0.717, 1.165) is 12.1 Å². The summed E-state index contributed by atoms with van der Waals surface area (Å²) >= 11 is 4.80. The SMILES string of the molecule is C=C(CC1CCC(C)=C(CC)C1)NC(N)=S. The van der Waals surface area contributed by atoms with E-state index in [1.54, 1.807) is 11.1 Å². The maximum atomic E-state index is 5.42. The molecule has 0 spiro atoms. The fourth-order valence-electron chi connectivity index (χ4n) is 2.42. The molecule has 90 valence electrons. The van der Waals surface area contributed by atoms with Gasteiger partial charge in [-0.3, -0.25) is 0 Å². The Balaban J connectivity index is 2.47. The minimum Gasteiger partial charge on any atom is -0.376 e. The molecule has 0 aromatic carbocycles. The average molecular weight is 238 g/mol. The molecule has 0 heterocycles. The van der Waals surface area contributed by atoms with Crippen LogP contribution in [0.1, 0.15) is 46.0 Å². The topological polar surface area (TPSA) is 38.0 Å². The highest BCUT2D eigenvalue weighted by Gasteiger charge is 2.18. The molecule has 2 nitrogen and oxygen atoms in total. The van der Waals surface area contributed by atoms with Crippen LogP contribution < -0.4 is 11.1 Å². The first-order valence-corrected chi connectivity index (χ1v) is 6.35. The lowest BCUT2D eigenvalue weighted by Crippen LogP contribution is -2.29. The van der Waals surface area contributed by atoms with Crippen LogP contribution in [0, 0.1) is 5.92 Å². The molecule has 16 heavy (non-hydrogen) atoms. The molecule has 0 saturated carbocycles. The van der Waals surface area contributed by atoms with Crippen LogP contribution in [0.5, 0.6) is 0 Å². The number of nitrogens with one attached hydrogen (secondary N) is 1. The van der Waals surface area contributed by atoms with E-state index in [1.807, 2.05) is 0 Å². The fourth-order valence-corrected chi connectivity index (χ4v) is 2.56. The molecule has 1 unspecified atom stereocenters. The number of hydrogen-bond acceptors (Lipinski definition) is 1. The summed E-state index contributed by atoms with van der Waals surface area (Å²) in [6.07, 6.45) is 5.85. The third kappa shape index (κ3) is 3.97. The standard InChI is InChI=1S/C13H22N2S/c1-4-12-8-11(6-5-9(12)2)7-10(3)15-13(14)16/h11H,3-8H2,1-2H3,(H3,14,15,16). The molecule has 3 N–H and O–H groups in total. The quantitative estimate of drug-likeness (QED) is 0.583. The molecule has 1 aliphatic rings. The van der Waals surface area contributed by atoms with Crippen LogP contribution in [-0.4, -0.2) is 5.11 Å². The monoisotopic (exact) mass is 238 g/mol. The van der Waals surface area contributed by atoms with Gasteiger partial charge >= 0.3 is 0 Å². The van der Waals surface area contributed by atoms with Gasteiger partial charge in [-0.25, -0.2) is 0 Å². The normalized spacial score (nSPS) is 20.8. The van der Waals surface area contributed by atoms with Crippen molar-refractivity contribution in [2.24, 2.45) is 11.7 Å². The number of allylic oxidation sites excluding steroid dienone is 3. The van der Waals surface area contributed by atoms with E-state index in [9.17, 15) is 0 Å². The van der Waals surface area contributed by atoms with Gasteiger partial charge in [0.2, 0.25) is 0 Å². The van der Waals surface area contributed by atoms with Gasteiger partial charge in [-0.05, 0) is 57.2 Å². The van der Waals surface area contributed by atoms with Crippen molar-refractivity contribution in [3.8, 4) is 0 Å². The van der Waals surface area contributed by atoms with Crippen molar-refractivity contribution in [2.45, 2.75) is 46.0 Å². The van der Waals surface area contributed by atoms with Crippen LogP contribution in [0.25, 0.3) is 0 Å². The largest absolute Gasteiger partial charge is 0.376 e. The van der Waals surface area contributed by atoms with E-state index in [0.29, 0.717) is 11.0 Å². The lowest BCUT2D eigenvalue weighted by molar-refractivity contribution is 0.441. The molecular formula is C13H22N2S. The Morgan fingerprint density at radius 2 is 2.31 bits per heavy atom. The van der Waals surface area contributed by atoms with Crippen molar-refractivity contribution < 1.29 is 0 Å². The Kier molecular flexibility index (Phi) is 5.00. The molecule has 0 saturated heterocycles. The molecule has 3 heteroatoms. The van der Waals surface area contributed by atoms with Crippen LogP contribution >= 0.6 is 12.2 Å². The van der Waals surface area contributed by atoms with Crippen molar-refractivity contribution in [1.82, 2.24) is 5.32 Å². The van der Waals surface area contributed by atoms with E-state index in [2.05, 4.69) is 25.7 Å². The summed E-state index contributed by atoms with van der Waals surface area (Å²) in [5.74, 6) is 0.702. The summed E-state index contributed by atoms with van der Waals surface area (Å²) < 4.78 is 0. The molecule has 0 aliphatic heterocycles. The zero-order valence-electron chi connectivity index (χ0n) is 10.3. The number of nitrogens with two attached hydrogens (primary N) is 1. The first-order valence-electron chi connectivity index (χ1n) is 5.94. The summed E-state index contributed by atoms with van der Waals surface area (Å²) in [5, 5.41) is 3.26. The lowest BCUT2D eigenvalue weighted by Gasteiger charge is -2.26. The molecule has 0 aromatic heterocycles. The molecule has 1 atom stereocenters. The number of rotatable bonds is 4. The Morgan fingerprint density at radius 1 is 1.62 bits per heavy atom. The average Bonchev–Trinajstić information content (AvgIpc) is 2.19. The Bertz CT molecular complexity index is 318. The lowest BCUT2D eigenvalue weighted by atomic mass is 9.81. The highest BCUT2D eigenvalue weighted by molar-refractivity contribution is 7.80. The van der Waals surface area contributed by atoms with Gasteiger partial charge in [0.15, 0.2) is 5.11 Å². The van der Waals surface area contributed by atoms with E-state index in [-0.39, 0.29) is 0 Å². The summed E-state index contributed by atoms with van der Waals surface area (Å²) in [5.41, 5.74) is 9.59. The fraction of sp³-hybridized carbons (Fsp3) is 0.615. The second kappa shape index (κ2) is 6.04. The zero-order valence-corrected chi connectivity index (χ0v) is 11.1.